The second-order valence-electron chi connectivity index (χ2n) is 4.65. The maximum atomic E-state index is 13.7. The molecule has 0 radical (unpaired) electrons. The van der Waals surface area contributed by atoms with Crippen LogP contribution in [0.25, 0.3) is 0 Å². The number of carbonyl (C=O) groups excluding carboxylic acids is 1. The first-order valence-corrected chi connectivity index (χ1v) is 6.81. The summed E-state index contributed by atoms with van der Waals surface area (Å²) in [5, 5.41) is 0. The first-order chi connectivity index (χ1) is 8.97. The van der Waals surface area contributed by atoms with Crippen molar-refractivity contribution in [2.24, 2.45) is 0 Å². The Balaban J connectivity index is 2.30. The molecule has 0 fully saturated rings. The summed E-state index contributed by atoms with van der Waals surface area (Å²) < 4.78 is 14.4. The van der Waals surface area contributed by atoms with Crippen LogP contribution in [0.1, 0.15) is 27.0 Å². The number of rotatable bonds is 3. The Morgan fingerprint density at radius 2 is 1.89 bits per heavy atom. The quantitative estimate of drug-likeness (QED) is 0.753. The number of aryl methyl sites for hydroxylation is 2. The van der Waals surface area contributed by atoms with Crippen LogP contribution in [0.3, 0.4) is 0 Å². The molecule has 0 aromatic heterocycles. The molecular formula is C16H14BrFO. The highest BCUT2D eigenvalue weighted by Crippen LogP contribution is 2.19. The average molecular weight is 321 g/mol. The van der Waals surface area contributed by atoms with E-state index in [-0.39, 0.29) is 18.0 Å². The number of hydrogen-bond acceptors (Lipinski definition) is 1. The summed E-state index contributed by atoms with van der Waals surface area (Å²) in [6.45, 7) is 3.83. The van der Waals surface area contributed by atoms with Gasteiger partial charge in [0, 0.05) is 16.5 Å². The van der Waals surface area contributed by atoms with E-state index < -0.39 is 0 Å². The molecule has 0 N–H and O–H groups in total. The second kappa shape index (κ2) is 5.66. The molecule has 0 spiro atoms. The normalized spacial score (nSPS) is 10.5. The van der Waals surface area contributed by atoms with Crippen LogP contribution in [0.4, 0.5) is 4.39 Å². The van der Waals surface area contributed by atoms with E-state index in [4.69, 9.17) is 0 Å². The van der Waals surface area contributed by atoms with E-state index in [1.165, 1.54) is 6.07 Å². The lowest BCUT2D eigenvalue weighted by atomic mass is 9.97. The fourth-order valence-corrected chi connectivity index (χ4v) is 2.39. The number of halogens is 2. The molecule has 0 unspecified atom stereocenters. The van der Waals surface area contributed by atoms with Crippen molar-refractivity contribution in [2.45, 2.75) is 20.3 Å². The number of ketones is 1. The molecule has 1 nitrogen and oxygen atoms in total. The first kappa shape index (κ1) is 13.9. The molecule has 2 rings (SSSR count). The number of Topliss-reactive ketones (excluding diaryl/α,β-unsaturated/α-hetero) is 1. The SMILES string of the molecule is Cc1ccc(C)c(C(=O)Cc2cc(Br)ccc2F)c1. The zero-order valence-corrected chi connectivity index (χ0v) is 12.4. The zero-order chi connectivity index (χ0) is 14.0. The zero-order valence-electron chi connectivity index (χ0n) is 10.8. The summed E-state index contributed by atoms with van der Waals surface area (Å²) in [6, 6.07) is 10.4. The van der Waals surface area contributed by atoms with Crippen molar-refractivity contribution in [3.8, 4) is 0 Å². The largest absolute Gasteiger partial charge is 0.294 e. The van der Waals surface area contributed by atoms with Gasteiger partial charge in [-0.2, -0.15) is 0 Å². The lowest BCUT2D eigenvalue weighted by Crippen LogP contribution is -2.07. The lowest BCUT2D eigenvalue weighted by Gasteiger charge is -2.07. The topological polar surface area (TPSA) is 17.1 Å². The molecule has 0 aliphatic carbocycles. The molecule has 2 aromatic rings. The third-order valence-electron chi connectivity index (χ3n) is 3.05. The predicted molar refractivity (Wildman–Crippen MR) is 78.1 cm³/mol. The highest BCUT2D eigenvalue weighted by atomic mass is 79.9. The molecule has 3 heteroatoms. The van der Waals surface area contributed by atoms with E-state index in [1.54, 1.807) is 12.1 Å². The fourth-order valence-electron chi connectivity index (χ4n) is 1.98. The standard InChI is InChI=1S/C16H14BrFO/c1-10-3-4-11(2)14(7-10)16(19)9-12-8-13(17)5-6-15(12)18/h3-8H,9H2,1-2H3. The molecule has 0 atom stereocenters. The maximum absolute atomic E-state index is 13.7. The van der Waals surface area contributed by atoms with E-state index in [9.17, 15) is 9.18 Å². The predicted octanol–water partition coefficient (Wildman–Crippen LogP) is 4.63. The smallest absolute Gasteiger partial charge is 0.167 e. The third-order valence-corrected chi connectivity index (χ3v) is 3.55. The summed E-state index contributed by atoms with van der Waals surface area (Å²) in [6.07, 6.45) is 0.0789. The van der Waals surface area contributed by atoms with E-state index in [2.05, 4.69) is 15.9 Å². The molecule has 2 aromatic carbocycles. The summed E-state index contributed by atoms with van der Waals surface area (Å²) in [5.74, 6) is -0.403. The van der Waals surface area contributed by atoms with Crippen LogP contribution >= 0.6 is 15.9 Å². The van der Waals surface area contributed by atoms with Crippen LogP contribution in [0.5, 0.6) is 0 Å². The van der Waals surface area contributed by atoms with Crippen LogP contribution < -0.4 is 0 Å². The van der Waals surface area contributed by atoms with Crippen molar-refractivity contribution < 1.29 is 9.18 Å². The van der Waals surface area contributed by atoms with Crippen LogP contribution in [0, 0.1) is 19.7 Å². The van der Waals surface area contributed by atoms with Gasteiger partial charge in [0.2, 0.25) is 0 Å². The third kappa shape index (κ3) is 3.29. The average Bonchev–Trinajstić information content (AvgIpc) is 2.36. The number of carbonyl (C=O) groups is 1. The minimum Gasteiger partial charge on any atom is -0.294 e. The van der Waals surface area contributed by atoms with Crippen molar-refractivity contribution in [3.05, 3.63) is 68.9 Å². The van der Waals surface area contributed by atoms with Gasteiger partial charge in [-0.3, -0.25) is 4.79 Å². The molecule has 0 aliphatic rings. The highest BCUT2D eigenvalue weighted by molar-refractivity contribution is 9.10. The van der Waals surface area contributed by atoms with Crippen molar-refractivity contribution >= 4 is 21.7 Å². The van der Waals surface area contributed by atoms with Crippen LogP contribution in [-0.2, 0) is 6.42 Å². The van der Waals surface area contributed by atoms with Crippen molar-refractivity contribution in [2.75, 3.05) is 0 Å². The summed E-state index contributed by atoms with van der Waals surface area (Å²) in [4.78, 5) is 12.3. The minimum absolute atomic E-state index is 0.0572. The Labute approximate surface area is 120 Å². The van der Waals surface area contributed by atoms with Gasteiger partial charge in [0.1, 0.15) is 5.82 Å². The molecule has 98 valence electrons. The Morgan fingerprint density at radius 3 is 2.63 bits per heavy atom. The van der Waals surface area contributed by atoms with Crippen LogP contribution in [0.2, 0.25) is 0 Å². The monoisotopic (exact) mass is 320 g/mol. The van der Waals surface area contributed by atoms with Crippen LogP contribution in [0.15, 0.2) is 40.9 Å². The van der Waals surface area contributed by atoms with Gasteiger partial charge in [0.15, 0.2) is 5.78 Å². The van der Waals surface area contributed by atoms with Crippen LogP contribution in [-0.4, -0.2) is 5.78 Å². The molecule has 0 amide bonds. The Hall–Kier alpha value is -1.48. The number of benzene rings is 2. The fraction of sp³-hybridized carbons (Fsp3) is 0.188. The van der Waals surface area contributed by atoms with Gasteiger partial charge in [-0.1, -0.05) is 33.6 Å². The molecule has 0 bridgehead atoms. The summed E-state index contributed by atoms with van der Waals surface area (Å²) >= 11 is 3.29. The molecule has 0 heterocycles. The van der Waals surface area contributed by atoms with E-state index in [0.29, 0.717) is 11.1 Å². The Morgan fingerprint density at radius 1 is 1.16 bits per heavy atom. The summed E-state index contributed by atoms with van der Waals surface area (Å²) in [7, 11) is 0. The van der Waals surface area contributed by atoms with Crippen molar-refractivity contribution in [3.63, 3.8) is 0 Å². The van der Waals surface area contributed by atoms with Gasteiger partial charge in [-0.05, 0) is 49.2 Å². The molecule has 0 aliphatic heterocycles. The Bertz CT molecular complexity index is 635. The highest BCUT2D eigenvalue weighted by Gasteiger charge is 2.13. The molecule has 0 saturated carbocycles. The first-order valence-electron chi connectivity index (χ1n) is 6.02. The maximum Gasteiger partial charge on any atom is 0.167 e. The summed E-state index contributed by atoms with van der Waals surface area (Å²) in [5.41, 5.74) is 3.04. The van der Waals surface area contributed by atoms with Crippen molar-refractivity contribution in [1.82, 2.24) is 0 Å². The van der Waals surface area contributed by atoms with E-state index >= 15 is 0 Å². The Kier molecular flexibility index (Phi) is 4.15. The molecule has 0 saturated heterocycles. The van der Waals surface area contributed by atoms with Gasteiger partial charge in [0.25, 0.3) is 0 Å². The molecular weight excluding hydrogens is 307 g/mol. The van der Waals surface area contributed by atoms with Gasteiger partial charge in [-0.15, -0.1) is 0 Å². The van der Waals surface area contributed by atoms with Gasteiger partial charge < -0.3 is 0 Å². The minimum atomic E-state index is -0.346. The van der Waals surface area contributed by atoms with Crippen molar-refractivity contribution in [1.29, 1.82) is 0 Å². The lowest BCUT2D eigenvalue weighted by molar-refractivity contribution is 0.0991. The second-order valence-corrected chi connectivity index (χ2v) is 5.57. The van der Waals surface area contributed by atoms with E-state index in [1.807, 2.05) is 32.0 Å². The van der Waals surface area contributed by atoms with Gasteiger partial charge >= 0.3 is 0 Å². The van der Waals surface area contributed by atoms with E-state index in [0.717, 1.165) is 15.6 Å². The molecule has 19 heavy (non-hydrogen) atoms. The number of hydrogen-bond donors (Lipinski definition) is 0. The van der Waals surface area contributed by atoms with Gasteiger partial charge in [0.05, 0.1) is 0 Å². The van der Waals surface area contributed by atoms with Gasteiger partial charge in [-0.25, -0.2) is 4.39 Å².